The summed E-state index contributed by atoms with van der Waals surface area (Å²) in [5, 5.41) is 0. The molecule has 5 nitrogen and oxygen atoms in total. The van der Waals surface area contributed by atoms with Gasteiger partial charge in [0, 0.05) is 12.3 Å². The van der Waals surface area contributed by atoms with Gasteiger partial charge in [-0.2, -0.15) is 0 Å². The van der Waals surface area contributed by atoms with Crippen molar-refractivity contribution >= 4 is 18.2 Å². The summed E-state index contributed by atoms with van der Waals surface area (Å²) in [5.41, 5.74) is 0.401. The Balaban J connectivity index is 1.83. The molecule has 3 rings (SSSR count). The molecule has 0 amide bonds. The second-order valence-electron chi connectivity index (χ2n) is 5.19. The zero-order valence-electron chi connectivity index (χ0n) is 10.8. The van der Waals surface area contributed by atoms with Crippen molar-refractivity contribution in [1.82, 2.24) is 0 Å². The number of rotatable bonds is 3. The smallest absolute Gasteiger partial charge is 0.341 e. The van der Waals surface area contributed by atoms with Gasteiger partial charge in [-0.3, -0.25) is 4.79 Å². The largest absolute Gasteiger partial charge is 0.422 e. The van der Waals surface area contributed by atoms with E-state index in [1.54, 1.807) is 30.3 Å². The van der Waals surface area contributed by atoms with Gasteiger partial charge < -0.3 is 14.3 Å². The second-order valence-corrected chi connectivity index (χ2v) is 5.19. The van der Waals surface area contributed by atoms with Gasteiger partial charge in [0.2, 0.25) is 0 Å². The topological polar surface area (TPSA) is 69.7 Å². The first-order valence-electron chi connectivity index (χ1n) is 6.60. The van der Waals surface area contributed by atoms with Gasteiger partial charge in [0.15, 0.2) is 0 Å². The molecule has 1 heterocycles. The van der Waals surface area contributed by atoms with Gasteiger partial charge >= 0.3 is 11.9 Å². The number of carbonyl (C=O) groups is 3. The molecule has 1 aromatic rings. The van der Waals surface area contributed by atoms with Gasteiger partial charge in [0.25, 0.3) is 5.79 Å². The number of hydrogen-bond donors (Lipinski definition) is 0. The molecule has 5 heteroatoms. The minimum absolute atomic E-state index is 0.130. The van der Waals surface area contributed by atoms with Crippen molar-refractivity contribution in [2.24, 2.45) is 11.8 Å². The normalized spacial score (nSPS) is 31.5. The Hall–Kier alpha value is -2.17. The summed E-state index contributed by atoms with van der Waals surface area (Å²) in [4.78, 5) is 34.7. The maximum Gasteiger partial charge on any atom is 0.341 e. The monoisotopic (exact) mass is 274 g/mol. The van der Waals surface area contributed by atoms with Gasteiger partial charge in [0.05, 0.1) is 17.9 Å². The predicted octanol–water partition coefficient (Wildman–Crippen LogP) is 1.71. The van der Waals surface area contributed by atoms with E-state index in [2.05, 4.69) is 0 Å². The molecule has 0 radical (unpaired) electrons. The van der Waals surface area contributed by atoms with Crippen molar-refractivity contribution in [2.45, 2.75) is 25.0 Å². The predicted molar refractivity (Wildman–Crippen MR) is 67.6 cm³/mol. The summed E-state index contributed by atoms with van der Waals surface area (Å²) < 4.78 is 10.7. The highest BCUT2D eigenvalue weighted by Gasteiger charge is 2.59. The molecule has 3 unspecified atom stereocenters. The number of aldehydes is 1. The second kappa shape index (κ2) is 4.74. The third-order valence-corrected chi connectivity index (χ3v) is 4.03. The first kappa shape index (κ1) is 12.8. The van der Waals surface area contributed by atoms with Crippen LogP contribution in [-0.4, -0.2) is 24.0 Å². The summed E-state index contributed by atoms with van der Waals surface area (Å²) in [5.74, 6) is -2.85. The van der Waals surface area contributed by atoms with E-state index in [1.807, 2.05) is 0 Å². The van der Waals surface area contributed by atoms with Crippen molar-refractivity contribution < 1.29 is 23.9 Å². The van der Waals surface area contributed by atoms with E-state index in [0.29, 0.717) is 18.4 Å². The molecule has 0 aromatic heterocycles. The van der Waals surface area contributed by atoms with Crippen LogP contribution < -0.4 is 0 Å². The minimum Gasteiger partial charge on any atom is -0.422 e. The molecular weight excluding hydrogens is 260 g/mol. The number of hydrogen-bond acceptors (Lipinski definition) is 5. The summed E-state index contributed by atoms with van der Waals surface area (Å²) in [7, 11) is 0. The average molecular weight is 274 g/mol. The lowest BCUT2D eigenvalue weighted by Gasteiger charge is -2.27. The standard InChI is InChI=1S/C15H14O5/c16-9-11-6-7-15(12(11)8-13(17)19-15)20-14(18)10-4-2-1-3-5-10/h1-5,9,11-12H,6-8H2. The number of carbonyl (C=O) groups excluding carboxylic acids is 3. The van der Waals surface area contributed by atoms with Crippen LogP contribution in [0.1, 0.15) is 29.6 Å². The van der Waals surface area contributed by atoms with E-state index in [0.717, 1.165) is 6.29 Å². The molecule has 0 bridgehead atoms. The fourth-order valence-corrected chi connectivity index (χ4v) is 3.03. The third kappa shape index (κ3) is 1.99. The highest BCUT2D eigenvalue weighted by atomic mass is 16.7. The van der Waals surface area contributed by atoms with E-state index in [1.165, 1.54) is 0 Å². The van der Waals surface area contributed by atoms with Crippen LogP contribution in [0.2, 0.25) is 0 Å². The molecule has 1 aromatic carbocycles. The van der Waals surface area contributed by atoms with Gasteiger partial charge in [-0.05, 0) is 18.6 Å². The summed E-state index contributed by atoms with van der Waals surface area (Å²) >= 11 is 0. The lowest BCUT2D eigenvalue weighted by atomic mass is 9.93. The van der Waals surface area contributed by atoms with E-state index >= 15 is 0 Å². The SMILES string of the molecule is O=CC1CCC2(OC(=O)c3ccccc3)OC(=O)CC12. The van der Waals surface area contributed by atoms with Crippen LogP contribution in [0.15, 0.2) is 30.3 Å². The molecule has 1 saturated carbocycles. The fourth-order valence-electron chi connectivity index (χ4n) is 3.03. The zero-order valence-corrected chi connectivity index (χ0v) is 10.8. The van der Waals surface area contributed by atoms with Gasteiger partial charge in [-0.1, -0.05) is 18.2 Å². The van der Waals surface area contributed by atoms with E-state index in [4.69, 9.17) is 9.47 Å². The van der Waals surface area contributed by atoms with Crippen LogP contribution in [-0.2, 0) is 19.1 Å². The molecular formula is C15H14O5. The Labute approximate surface area is 115 Å². The van der Waals surface area contributed by atoms with Gasteiger partial charge in [0.1, 0.15) is 6.29 Å². The number of benzene rings is 1. The zero-order chi connectivity index (χ0) is 14.2. The molecule has 104 valence electrons. The van der Waals surface area contributed by atoms with Crippen LogP contribution >= 0.6 is 0 Å². The molecule has 0 N–H and O–H groups in total. The summed E-state index contributed by atoms with van der Waals surface area (Å²) in [6.45, 7) is 0. The Morgan fingerprint density at radius 3 is 2.80 bits per heavy atom. The van der Waals surface area contributed by atoms with Gasteiger partial charge in [-0.25, -0.2) is 4.79 Å². The Morgan fingerprint density at radius 2 is 2.10 bits per heavy atom. The Bertz CT molecular complexity index is 553. The lowest BCUT2D eigenvalue weighted by molar-refractivity contribution is -0.196. The van der Waals surface area contributed by atoms with Crippen LogP contribution in [0, 0.1) is 11.8 Å². The average Bonchev–Trinajstić information content (AvgIpc) is 2.93. The number of esters is 2. The van der Waals surface area contributed by atoms with Crippen molar-refractivity contribution in [2.75, 3.05) is 0 Å². The van der Waals surface area contributed by atoms with Crippen LogP contribution in [0.5, 0.6) is 0 Å². The van der Waals surface area contributed by atoms with Crippen LogP contribution in [0.25, 0.3) is 0 Å². The van der Waals surface area contributed by atoms with Crippen molar-refractivity contribution in [3.8, 4) is 0 Å². The summed E-state index contributed by atoms with van der Waals surface area (Å²) in [6.07, 6.45) is 1.91. The molecule has 2 fully saturated rings. The van der Waals surface area contributed by atoms with Crippen LogP contribution in [0.4, 0.5) is 0 Å². The fraction of sp³-hybridized carbons (Fsp3) is 0.400. The lowest BCUT2D eigenvalue weighted by Crippen LogP contribution is -2.38. The first-order chi connectivity index (χ1) is 9.64. The first-order valence-corrected chi connectivity index (χ1v) is 6.60. The maximum absolute atomic E-state index is 12.1. The molecule has 1 saturated heterocycles. The molecule has 2 aliphatic rings. The van der Waals surface area contributed by atoms with E-state index < -0.39 is 17.7 Å². The number of ether oxygens (including phenoxy) is 2. The maximum atomic E-state index is 12.1. The van der Waals surface area contributed by atoms with Crippen molar-refractivity contribution in [1.29, 1.82) is 0 Å². The van der Waals surface area contributed by atoms with E-state index in [-0.39, 0.29) is 18.3 Å². The van der Waals surface area contributed by atoms with Gasteiger partial charge in [-0.15, -0.1) is 0 Å². The molecule has 1 aliphatic carbocycles. The van der Waals surface area contributed by atoms with E-state index in [9.17, 15) is 14.4 Å². The molecule has 1 aliphatic heterocycles. The minimum atomic E-state index is -1.25. The number of fused-ring (bicyclic) bond motifs is 1. The molecule has 20 heavy (non-hydrogen) atoms. The van der Waals surface area contributed by atoms with Crippen molar-refractivity contribution in [3.05, 3.63) is 35.9 Å². The highest BCUT2D eigenvalue weighted by Crippen LogP contribution is 2.49. The quantitative estimate of drug-likeness (QED) is 0.620. The van der Waals surface area contributed by atoms with Crippen LogP contribution in [0.3, 0.4) is 0 Å². The third-order valence-electron chi connectivity index (χ3n) is 4.03. The van der Waals surface area contributed by atoms with Crippen molar-refractivity contribution in [3.63, 3.8) is 0 Å². The molecule has 0 spiro atoms. The highest BCUT2D eigenvalue weighted by molar-refractivity contribution is 5.90. The molecule has 3 atom stereocenters. The Morgan fingerprint density at radius 1 is 1.35 bits per heavy atom. The Kier molecular flexibility index (Phi) is 3.04. The summed E-state index contributed by atoms with van der Waals surface area (Å²) in [6, 6.07) is 8.53.